The zero-order valence-electron chi connectivity index (χ0n) is 16.1. The van der Waals surface area contributed by atoms with E-state index in [9.17, 15) is 9.59 Å². The zero-order valence-corrected chi connectivity index (χ0v) is 16.1. The van der Waals surface area contributed by atoms with Crippen molar-refractivity contribution in [1.29, 1.82) is 0 Å². The predicted molar refractivity (Wildman–Crippen MR) is 104 cm³/mol. The molecule has 0 radical (unpaired) electrons. The van der Waals surface area contributed by atoms with Crippen molar-refractivity contribution in [2.24, 2.45) is 0 Å². The minimum absolute atomic E-state index is 0.148. The second-order valence-corrected chi connectivity index (χ2v) is 7.62. The van der Waals surface area contributed by atoms with Crippen LogP contribution in [0.2, 0.25) is 0 Å². The fourth-order valence-electron chi connectivity index (χ4n) is 3.54. The van der Waals surface area contributed by atoms with Crippen LogP contribution in [0, 0.1) is 0 Å². The average Bonchev–Trinajstić information content (AvgIpc) is 3.45. The molecule has 2 aromatic rings. The molecule has 1 aliphatic heterocycles. The number of esters is 1. The number of aromatic nitrogens is 2. The second-order valence-electron chi connectivity index (χ2n) is 7.62. The molecular weight excluding hydrogens is 356 g/mol. The zero-order chi connectivity index (χ0) is 19.5. The first-order valence-corrected chi connectivity index (χ1v) is 9.91. The highest BCUT2D eigenvalue weighted by atomic mass is 16.5. The average molecular weight is 382 g/mol. The van der Waals surface area contributed by atoms with E-state index in [0.29, 0.717) is 19.0 Å². The van der Waals surface area contributed by atoms with E-state index < -0.39 is 12.1 Å². The van der Waals surface area contributed by atoms with E-state index in [-0.39, 0.29) is 11.6 Å². The summed E-state index contributed by atoms with van der Waals surface area (Å²) in [5, 5.41) is 6.91. The number of hydrogen-bond donors (Lipinski definition) is 1. The number of carbonyl (C=O) groups is 2. The number of benzene rings is 1. The molecule has 1 aromatic carbocycles. The van der Waals surface area contributed by atoms with Crippen LogP contribution >= 0.6 is 0 Å². The lowest BCUT2D eigenvalue weighted by Crippen LogP contribution is -2.51. The third-order valence-corrected chi connectivity index (χ3v) is 5.39. The molecule has 2 aliphatic rings. The molecule has 1 N–H and O–H groups in total. The Bertz CT molecular complexity index is 823. The quantitative estimate of drug-likeness (QED) is 0.775. The fraction of sp³-hybridized carbons (Fsp3) is 0.476. The van der Waals surface area contributed by atoms with Crippen LogP contribution in [0.5, 0.6) is 0 Å². The van der Waals surface area contributed by atoms with Gasteiger partial charge in [0.25, 0.3) is 5.91 Å². The molecular formula is C21H26N4O3. The highest BCUT2D eigenvalue weighted by Gasteiger charge is 2.30. The maximum absolute atomic E-state index is 12.7. The van der Waals surface area contributed by atoms with Gasteiger partial charge in [0.15, 0.2) is 11.8 Å². The summed E-state index contributed by atoms with van der Waals surface area (Å²) >= 11 is 0. The van der Waals surface area contributed by atoms with Gasteiger partial charge in [-0.25, -0.2) is 4.79 Å². The standard InChI is InChI=1S/C21H26N4O3/c1-15(28-21(27)19-13-18(22-23-19)17-7-8-17)20(26)25-11-9-24(10-12-25)14-16-5-3-2-4-6-16/h2-6,13,15,17H,7-12,14H2,1H3,(H,22,23). The molecule has 0 bridgehead atoms. The lowest BCUT2D eigenvalue weighted by molar-refractivity contribution is -0.141. The number of carbonyl (C=O) groups excluding carboxylic acids is 2. The lowest BCUT2D eigenvalue weighted by atomic mass is 10.2. The Morgan fingerprint density at radius 1 is 1.18 bits per heavy atom. The summed E-state index contributed by atoms with van der Waals surface area (Å²) in [5.74, 6) is -0.210. The molecule has 4 rings (SSSR count). The van der Waals surface area contributed by atoms with Gasteiger partial charge in [-0.2, -0.15) is 5.10 Å². The number of aromatic amines is 1. The van der Waals surface area contributed by atoms with Crippen molar-refractivity contribution >= 4 is 11.9 Å². The van der Waals surface area contributed by atoms with Crippen LogP contribution in [0.25, 0.3) is 0 Å². The molecule has 1 aliphatic carbocycles. The summed E-state index contributed by atoms with van der Waals surface area (Å²) in [6, 6.07) is 12.1. The first-order chi connectivity index (χ1) is 13.6. The van der Waals surface area contributed by atoms with E-state index >= 15 is 0 Å². The van der Waals surface area contributed by atoms with Crippen molar-refractivity contribution in [2.75, 3.05) is 26.2 Å². The maximum atomic E-state index is 12.7. The second kappa shape index (κ2) is 8.14. The van der Waals surface area contributed by atoms with E-state index in [2.05, 4.69) is 27.2 Å². The van der Waals surface area contributed by atoms with Gasteiger partial charge in [-0.15, -0.1) is 0 Å². The normalized spacial score (nSPS) is 18.7. The van der Waals surface area contributed by atoms with Crippen LogP contribution in [0.4, 0.5) is 0 Å². The van der Waals surface area contributed by atoms with Crippen LogP contribution in [-0.2, 0) is 16.1 Å². The number of nitrogens with one attached hydrogen (secondary N) is 1. The molecule has 148 valence electrons. The van der Waals surface area contributed by atoms with Gasteiger partial charge in [0, 0.05) is 44.3 Å². The summed E-state index contributed by atoms with van der Waals surface area (Å²) in [6.45, 7) is 5.42. The van der Waals surface area contributed by atoms with Crippen molar-refractivity contribution in [2.45, 2.75) is 38.3 Å². The molecule has 1 aromatic heterocycles. The van der Waals surface area contributed by atoms with Gasteiger partial charge in [0.05, 0.1) is 0 Å². The Labute approximate surface area is 164 Å². The third kappa shape index (κ3) is 4.42. The van der Waals surface area contributed by atoms with Crippen molar-refractivity contribution in [3.8, 4) is 0 Å². The maximum Gasteiger partial charge on any atom is 0.359 e. The fourth-order valence-corrected chi connectivity index (χ4v) is 3.54. The van der Waals surface area contributed by atoms with Gasteiger partial charge in [0.2, 0.25) is 0 Å². The molecule has 1 saturated heterocycles. The third-order valence-electron chi connectivity index (χ3n) is 5.39. The monoisotopic (exact) mass is 382 g/mol. The van der Waals surface area contributed by atoms with Crippen LogP contribution in [0.1, 0.15) is 47.4 Å². The molecule has 2 heterocycles. The molecule has 0 spiro atoms. The first-order valence-electron chi connectivity index (χ1n) is 9.91. The summed E-state index contributed by atoms with van der Waals surface area (Å²) in [5.41, 5.74) is 2.49. The van der Waals surface area contributed by atoms with Gasteiger partial charge in [-0.3, -0.25) is 14.8 Å². The molecule has 1 atom stereocenters. The SMILES string of the molecule is CC(OC(=O)c1cc(C2CC2)[nH]n1)C(=O)N1CCN(Cc2ccccc2)CC1. The van der Waals surface area contributed by atoms with E-state index in [0.717, 1.165) is 38.2 Å². The molecule has 1 saturated carbocycles. The highest BCUT2D eigenvalue weighted by molar-refractivity contribution is 5.90. The van der Waals surface area contributed by atoms with Gasteiger partial charge < -0.3 is 9.64 Å². The Kier molecular flexibility index (Phi) is 5.43. The number of H-pyrrole nitrogens is 1. The number of hydrogen-bond acceptors (Lipinski definition) is 5. The van der Waals surface area contributed by atoms with E-state index in [1.165, 1.54) is 5.56 Å². The molecule has 1 amide bonds. The summed E-state index contributed by atoms with van der Waals surface area (Å²) in [7, 11) is 0. The molecule has 2 fully saturated rings. The number of rotatable bonds is 6. The van der Waals surface area contributed by atoms with Crippen molar-refractivity contribution in [1.82, 2.24) is 20.0 Å². The molecule has 28 heavy (non-hydrogen) atoms. The van der Waals surface area contributed by atoms with E-state index in [4.69, 9.17) is 4.74 Å². The Hall–Kier alpha value is -2.67. The van der Waals surface area contributed by atoms with Crippen LogP contribution in [0.3, 0.4) is 0 Å². The lowest BCUT2D eigenvalue weighted by Gasteiger charge is -2.35. The van der Waals surface area contributed by atoms with Crippen LogP contribution in [-0.4, -0.2) is 64.2 Å². The Balaban J connectivity index is 1.25. The number of piperazine rings is 1. The van der Waals surface area contributed by atoms with Gasteiger partial charge in [-0.05, 0) is 31.4 Å². The van der Waals surface area contributed by atoms with E-state index in [1.807, 2.05) is 18.2 Å². The smallest absolute Gasteiger partial charge is 0.359 e. The van der Waals surface area contributed by atoms with Crippen LogP contribution in [0.15, 0.2) is 36.4 Å². The predicted octanol–water partition coefficient (Wildman–Crippen LogP) is 2.18. The topological polar surface area (TPSA) is 78.5 Å². The Morgan fingerprint density at radius 2 is 1.89 bits per heavy atom. The van der Waals surface area contributed by atoms with Crippen molar-refractivity contribution in [3.63, 3.8) is 0 Å². The summed E-state index contributed by atoms with van der Waals surface area (Å²) < 4.78 is 5.36. The highest BCUT2D eigenvalue weighted by Crippen LogP contribution is 2.39. The first kappa shape index (κ1) is 18.7. The van der Waals surface area contributed by atoms with Gasteiger partial charge in [0.1, 0.15) is 0 Å². The number of ether oxygens (including phenoxy) is 1. The van der Waals surface area contributed by atoms with Crippen molar-refractivity contribution < 1.29 is 14.3 Å². The number of amides is 1. The van der Waals surface area contributed by atoms with E-state index in [1.54, 1.807) is 17.9 Å². The summed E-state index contributed by atoms with van der Waals surface area (Å²) in [6.07, 6.45) is 1.44. The summed E-state index contributed by atoms with van der Waals surface area (Å²) in [4.78, 5) is 29.0. The molecule has 7 heteroatoms. The molecule has 7 nitrogen and oxygen atoms in total. The Morgan fingerprint density at radius 3 is 2.57 bits per heavy atom. The minimum atomic E-state index is -0.811. The van der Waals surface area contributed by atoms with Crippen molar-refractivity contribution in [3.05, 3.63) is 53.3 Å². The van der Waals surface area contributed by atoms with Crippen LogP contribution < -0.4 is 0 Å². The molecule has 1 unspecified atom stereocenters. The number of nitrogens with zero attached hydrogens (tertiary/aromatic N) is 3. The largest absolute Gasteiger partial charge is 0.448 e. The minimum Gasteiger partial charge on any atom is -0.448 e. The van der Waals surface area contributed by atoms with Gasteiger partial charge >= 0.3 is 5.97 Å². The van der Waals surface area contributed by atoms with Gasteiger partial charge in [-0.1, -0.05) is 30.3 Å².